The number of esters is 1. The number of hydrogen-bond acceptors (Lipinski definition) is 5. The Morgan fingerprint density at radius 3 is 2.78 bits per heavy atom. The molecule has 0 N–H and O–H groups in total. The molecule has 2 aromatic heterocycles. The summed E-state index contributed by atoms with van der Waals surface area (Å²) in [4.78, 5) is 29.7. The zero-order valence-corrected chi connectivity index (χ0v) is 17.2. The number of carbonyl (C=O) groups excluding carboxylic acids is 2. The summed E-state index contributed by atoms with van der Waals surface area (Å²) in [6.07, 6.45) is 7.34. The Kier molecular flexibility index (Phi) is 4.01. The van der Waals surface area contributed by atoms with E-state index >= 15 is 0 Å². The van der Waals surface area contributed by atoms with Crippen LogP contribution in [0.4, 0.5) is 0 Å². The molecule has 2 aliphatic rings. The van der Waals surface area contributed by atoms with Gasteiger partial charge in [-0.25, -0.2) is 0 Å². The number of para-hydroxylation sites is 1. The normalized spacial score (nSPS) is 18.4. The van der Waals surface area contributed by atoms with Crippen molar-refractivity contribution < 1.29 is 19.1 Å². The molecule has 0 saturated heterocycles. The molecule has 6 heteroatoms. The van der Waals surface area contributed by atoms with Crippen molar-refractivity contribution in [2.75, 3.05) is 0 Å². The lowest BCUT2D eigenvalue weighted by molar-refractivity contribution is -0.135. The van der Waals surface area contributed by atoms with Crippen LogP contribution in [0.2, 0.25) is 0 Å². The van der Waals surface area contributed by atoms with Crippen LogP contribution < -0.4 is 9.47 Å². The van der Waals surface area contributed by atoms with Crippen molar-refractivity contribution in [1.29, 1.82) is 0 Å². The van der Waals surface area contributed by atoms with E-state index in [9.17, 15) is 9.59 Å². The van der Waals surface area contributed by atoms with Crippen molar-refractivity contribution in [1.82, 2.24) is 9.55 Å². The molecular formula is C26H18N2O4. The number of ether oxygens (including phenoxy) is 2. The molecule has 0 saturated carbocycles. The van der Waals surface area contributed by atoms with Crippen molar-refractivity contribution in [3.8, 4) is 11.5 Å². The SMILES string of the molecule is Cn1cc(C=C2Oc3c(ccc4c3C(c3cccnc3)CC(=O)O4)C2=O)c2ccccc21. The highest BCUT2D eigenvalue weighted by molar-refractivity contribution is 6.15. The molecule has 0 radical (unpaired) electrons. The van der Waals surface area contributed by atoms with Gasteiger partial charge in [-0.15, -0.1) is 0 Å². The van der Waals surface area contributed by atoms with Crippen molar-refractivity contribution in [2.45, 2.75) is 12.3 Å². The number of ketones is 1. The van der Waals surface area contributed by atoms with Gasteiger partial charge >= 0.3 is 5.97 Å². The maximum atomic E-state index is 13.2. The second-order valence-corrected chi connectivity index (χ2v) is 8.02. The van der Waals surface area contributed by atoms with Gasteiger partial charge in [0.1, 0.15) is 11.5 Å². The molecule has 1 atom stereocenters. The number of pyridine rings is 1. The van der Waals surface area contributed by atoms with Gasteiger partial charge in [-0.1, -0.05) is 24.3 Å². The third-order valence-corrected chi connectivity index (χ3v) is 6.08. The van der Waals surface area contributed by atoms with Crippen molar-refractivity contribution in [2.24, 2.45) is 7.05 Å². The number of aryl methyl sites for hydroxylation is 1. The first kappa shape index (κ1) is 18.6. The summed E-state index contributed by atoms with van der Waals surface area (Å²) in [5, 5.41) is 1.04. The fourth-order valence-electron chi connectivity index (χ4n) is 4.60. The Bertz CT molecular complexity index is 1450. The quantitative estimate of drug-likeness (QED) is 0.268. The molecule has 2 aliphatic heterocycles. The zero-order chi connectivity index (χ0) is 21.8. The third-order valence-electron chi connectivity index (χ3n) is 6.08. The second-order valence-electron chi connectivity index (χ2n) is 8.02. The van der Waals surface area contributed by atoms with Gasteiger partial charge in [0.15, 0.2) is 5.76 Å². The summed E-state index contributed by atoms with van der Waals surface area (Å²) in [6, 6.07) is 15.1. The number of nitrogens with zero attached hydrogens (tertiary/aromatic N) is 2. The van der Waals surface area contributed by atoms with Crippen LogP contribution in [-0.4, -0.2) is 21.3 Å². The average molecular weight is 422 g/mol. The van der Waals surface area contributed by atoms with E-state index in [1.807, 2.05) is 54.2 Å². The van der Waals surface area contributed by atoms with Crippen LogP contribution in [0.1, 0.15) is 39.4 Å². The fraction of sp³-hybridized carbons (Fsp3) is 0.115. The van der Waals surface area contributed by atoms with E-state index in [0.717, 1.165) is 22.0 Å². The highest BCUT2D eigenvalue weighted by Crippen LogP contribution is 2.48. The standard InChI is InChI=1S/C26H18N2O4/c1-28-14-16(17-6-2-3-7-20(17)28)11-22-25(30)18-8-9-21-24(26(18)32-22)19(12-23(29)31-21)15-5-4-10-27-13-15/h2-11,13-14,19H,12H2,1H3. The molecule has 0 aliphatic carbocycles. The molecule has 6 nitrogen and oxygen atoms in total. The first-order valence-corrected chi connectivity index (χ1v) is 10.4. The van der Waals surface area contributed by atoms with Gasteiger partial charge in [-0.05, 0) is 35.9 Å². The van der Waals surface area contributed by atoms with Gasteiger partial charge in [0.2, 0.25) is 5.78 Å². The molecule has 6 rings (SSSR count). The fourth-order valence-corrected chi connectivity index (χ4v) is 4.60. The van der Waals surface area contributed by atoms with E-state index < -0.39 is 0 Å². The Labute approximate surface area is 183 Å². The molecule has 0 fully saturated rings. The minimum absolute atomic E-state index is 0.162. The summed E-state index contributed by atoms with van der Waals surface area (Å²) in [5.41, 5.74) is 4.04. The van der Waals surface area contributed by atoms with Gasteiger partial charge in [0.05, 0.1) is 12.0 Å². The number of aromatic nitrogens is 2. The summed E-state index contributed by atoms with van der Waals surface area (Å²) >= 11 is 0. The largest absolute Gasteiger partial charge is 0.452 e. The van der Waals surface area contributed by atoms with Crippen LogP contribution in [0.3, 0.4) is 0 Å². The number of carbonyl (C=O) groups is 2. The maximum absolute atomic E-state index is 13.2. The van der Waals surface area contributed by atoms with E-state index in [4.69, 9.17) is 9.47 Å². The number of rotatable bonds is 2. The first-order valence-electron chi connectivity index (χ1n) is 10.4. The molecule has 1 unspecified atom stereocenters. The van der Waals surface area contributed by atoms with E-state index in [1.165, 1.54) is 0 Å². The monoisotopic (exact) mass is 422 g/mol. The highest BCUT2D eigenvalue weighted by atomic mass is 16.5. The van der Waals surface area contributed by atoms with E-state index in [-0.39, 0.29) is 29.9 Å². The Hall–Kier alpha value is -4.19. The molecule has 0 bridgehead atoms. The van der Waals surface area contributed by atoms with Crippen molar-refractivity contribution in [3.63, 3.8) is 0 Å². The molecule has 0 spiro atoms. The van der Waals surface area contributed by atoms with Crippen molar-refractivity contribution >= 4 is 28.7 Å². The highest BCUT2D eigenvalue weighted by Gasteiger charge is 2.38. The molecule has 2 aromatic carbocycles. The van der Waals surface area contributed by atoms with Crippen LogP contribution in [0.25, 0.3) is 17.0 Å². The van der Waals surface area contributed by atoms with Crippen LogP contribution in [0, 0.1) is 0 Å². The number of benzene rings is 2. The lowest BCUT2D eigenvalue weighted by atomic mass is 9.85. The summed E-state index contributed by atoms with van der Waals surface area (Å²) in [5.74, 6) is 0.347. The summed E-state index contributed by atoms with van der Waals surface area (Å²) in [6.45, 7) is 0. The molecule has 4 heterocycles. The first-order chi connectivity index (χ1) is 15.6. The Morgan fingerprint density at radius 1 is 1.06 bits per heavy atom. The number of allylic oxidation sites excluding steroid dienone is 1. The zero-order valence-electron chi connectivity index (χ0n) is 17.2. The van der Waals surface area contributed by atoms with E-state index in [0.29, 0.717) is 22.6 Å². The predicted octanol–water partition coefficient (Wildman–Crippen LogP) is 4.63. The molecular weight excluding hydrogens is 404 g/mol. The van der Waals surface area contributed by atoms with E-state index in [1.54, 1.807) is 30.6 Å². The number of hydrogen-bond donors (Lipinski definition) is 0. The summed E-state index contributed by atoms with van der Waals surface area (Å²) in [7, 11) is 1.97. The Morgan fingerprint density at radius 2 is 1.94 bits per heavy atom. The van der Waals surface area contributed by atoms with Gasteiger partial charge in [-0.2, -0.15) is 0 Å². The van der Waals surface area contributed by atoms with Gasteiger partial charge in [-0.3, -0.25) is 14.6 Å². The van der Waals surface area contributed by atoms with E-state index in [2.05, 4.69) is 4.98 Å². The second kappa shape index (κ2) is 6.92. The summed E-state index contributed by atoms with van der Waals surface area (Å²) < 4.78 is 13.7. The minimum Gasteiger partial charge on any atom is -0.452 e. The molecule has 0 amide bonds. The van der Waals surface area contributed by atoms with Crippen LogP contribution in [0.5, 0.6) is 11.5 Å². The number of Topliss-reactive ketones (excluding diaryl/α,β-unsaturated/α-hetero) is 1. The average Bonchev–Trinajstić information content (AvgIpc) is 3.30. The minimum atomic E-state index is -0.317. The number of fused-ring (bicyclic) bond motifs is 4. The van der Waals surface area contributed by atoms with Crippen LogP contribution in [0.15, 0.2) is 72.9 Å². The van der Waals surface area contributed by atoms with Gasteiger partial charge in [0, 0.05) is 53.6 Å². The lowest BCUT2D eigenvalue weighted by Crippen LogP contribution is -2.21. The van der Waals surface area contributed by atoms with Gasteiger partial charge < -0.3 is 14.0 Å². The third kappa shape index (κ3) is 2.76. The predicted molar refractivity (Wildman–Crippen MR) is 119 cm³/mol. The lowest BCUT2D eigenvalue weighted by Gasteiger charge is -2.26. The topological polar surface area (TPSA) is 70.4 Å². The molecule has 156 valence electrons. The van der Waals surface area contributed by atoms with Crippen LogP contribution >= 0.6 is 0 Å². The molecule has 32 heavy (non-hydrogen) atoms. The maximum Gasteiger partial charge on any atom is 0.312 e. The Balaban J connectivity index is 1.48. The van der Waals surface area contributed by atoms with Crippen LogP contribution in [-0.2, 0) is 11.8 Å². The van der Waals surface area contributed by atoms with Gasteiger partial charge in [0.25, 0.3) is 0 Å². The van der Waals surface area contributed by atoms with Crippen molar-refractivity contribution in [3.05, 3.63) is 95.1 Å². The smallest absolute Gasteiger partial charge is 0.312 e. The molecule has 4 aromatic rings.